The number of nitrogens with zero attached hydrogens (tertiary/aromatic N) is 3. The predicted molar refractivity (Wildman–Crippen MR) is 237 cm³/mol. The van der Waals surface area contributed by atoms with Crippen LogP contribution in [0.25, 0.3) is 0 Å². The lowest BCUT2D eigenvalue weighted by Crippen LogP contribution is -2.67. The minimum absolute atomic E-state index is 0.0314. The fourth-order valence-corrected chi connectivity index (χ4v) is 13.0. The number of hydrogen-bond donors (Lipinski definition) is 1. The molecule has 0 spiro atoms. The number of aryl methyl sites for hydroxylation is 1. The summed E-state index contributed by atoms with van der Waals surface area (Å²) in [6, 6.07) is 30.4. The predicted octanol–water partition coefficient (Wildman–Crippen LogP) is 6.52. The fourth-order valence-electron chi connectivity index (χ4n) is 8.46. The van der Waals surface area contributed by atoms with Gasteiger partial charge in [0.15, 0.2) is 0 Å². The van der Waals surface area contributed by atoms with Crippen molar-refractivity contribution < 1.29 is 33.0 Å². The molecule has 13 nitrogen and oxygen atoms in total. The van der Waals surface area contributed by atoms with E-state index in [9.17, 15) is 19.2 Å². The second kappa shape index (κ2) is 19.8. The number of nitrogens with one attached hydrogen (secondary N) is 1. The summed E-state index contributed by atoms with van der Waals surface area (Å²) in [5, 5.41) is 1.83. The number of carbonyl (C=O) groups is 2. The number of likely N-dealkylation sites (tertiary alicyclic amines) is 1. The highest BCUT2D eigenvalue weighted by molar-refractivity contribution is 6.99. The normalized spacial score (nSPS) is 19.8. The molecule has 1 unspecified atom stereocenters. The molecule has 1 amide bonds. The number of aromatic nitrogens is 2. The Balaban J connectivity index is 1.20. The monoisotopic (exact) mass is 854 g/mol. The first kappa shape index (κ1) is 45.5. The van der Waals surface area contributed by atoms with E-state index in [1.54, 1.807) is 6.92 Å². The number of carbonyl (C=O) groups excluding carboxylic acids is 2. The molecule has 0 bridgehead atoms. The lowest BCUT2D eigenvalue weighted by Gasteiger charge is -2.43. The van der Waals surface area contributed by atoms with E-state index in [0.717, 1.165) is 35.2 Å². The quantitative estimate of drug-likeness (QED) is 0.110. The second-order valence-corrected chi connectivity index (χ2v) is 22.4. The summed E-state index contributed by atoms with van der Waals surface area (Å²) >= 11 is 0. The third-order valence-corrected chi connectivity index (χ3v) is 16.4. The Hall–Kier alpha value is -5.02. The van der Waals surface area contributed by atoms with Gasteiger partial charge in [-0.05, 0) is 67.9 Å². The van der Waals surface area contributed by atoms with Crippen molar-refractivity contribution in [2.24, 2.45) is 0 Å². The average molecular weight is 855 g/mol. The number of hydrogen-bond acceptors (Lipinski definition) is 10. The number of H-pyrrole nitrogens is 1. The van der Waals surface area contributed by atoms with Crippen molar-refractivity contribution in [1.29, 1.82) is 0 Å². The third kappa shape index (κ3) is 11.5. The van der Waals surface area contributed by atoms with Gasteiger partial charge in [0.05, 0.1) is 6.61 Å². The van der Waals surface area contributed by atoms with Crippen molar-refractivity contribution in [3.63, 3.8) is 0 Å². The molecule has 6 rings (SSSR count). The summed E-state index contributed by atoms with van der Waals surface area (Å²) in [5.74, 6) is 0. The SMILES string of the molecule is Cc1cn([C@H]2C[C@H](OC(=O)OCCN(Cc3ccccc3)CC3CCCCN3C(=O)OC(C)(C)C)[C@@H](CO[Si](c3ccccc3)(c3ccccc3)C(C)(C)C)O2)c(=O)[nH]c1=O. The number of amides is 1. The van der Waals surface area contributed by atoms with E-state index in [0.29, 0.717) is 31.7 Å². The van der Waals surface area contributed by atoms with Crippen LogP contribution in [0, 0.1) is 6.92 Å². The first-order valence-corrected chi connectivity index (χ1v) is 23.3. The highest BCUT2D eigenvalue weighted by Gasteiger charge is 2.52. The molecule has 0 radical (unpaired) electrons. The van der Waals surface area contributed by atoms with E-state index < -0.39 is 49.8 Å². The smallest absolute Gasteiger partial charge is 0.444 e. The van der Waals surface area contributed by atoms with Crippen LogP contribution in [0.15, 0.2) is 107 Å². The van der Waals surface area contributed by atoms with Crippen LogP contribution in [0.1, 0.15) is 84.6 Å². The van der Waals surface area contributed by atoms with Gasteiger partial charge >= 0.3 is 17.9 Å². The molecule has 2 fully saturated rings. The van der Waals surface area contributed by atoms with E-state index in [1.165, 1.54) is 10.8 Å². The standard InChI is InChI=1S/C47H62N4O9Si/c1-34-30-51(43(53)48-42(34)52)41-29-39(40(58-41)33-57-61(47(5,6)7,37-22-13-9-14-23-37)38-24-15-10-16-25-38)59-45(55)56-28-27-49(31-35-19-11-8-12-20-35)32-36-21-17-18-26-50(36)44(54)60-46(2,3)4/h8-16,19-20,22-25,30,36,39-41H,17-18,21,26-29,31-33H2,1-7H3,(H,48,52,53)/t36?,39-,40+,41+/m0/s1. The molecule has 3 aromatic carbocycles. The van der Waals surface area contributed by atoms with Crippen LogP contribution in [0.5, 0.6) is 0 Å². The Kier molecular flexibility index (Phi) is 14.8. The van der Waals surface area contributed by atoms with Gasteiger partial charge in [0.25, 0.3) is 13.9 Å². The minimum atomic E-state index is -3.03. The molecule has 0 saturated carbocycles. The van der Waals surface area contributed by atoms with Gasteiger partial charge in [-0.3, -0.25) is 19.2 Å². The van der Waals surface area contributed by atoms with Gasteiger partial charge in [0, 0.05) is 50.4 Å². The number of benzene rings is 3. The molecular formula is C47H62N4O9Si. The van der Waals surface area contributed by atoms with Gasteiger partial charge in [0.1, 0.15) is 30.6 Å². The largest absolute Gasteiger partial charge is 0.508 e. The topological polar surface area (TPSA) is 142 Å². The van der Waals surface area contributed by atoms with Gasteiger partial charge in [-0.1, -0.05) is 112 Å². The molecule has 328 valence electrons. The molecule has 0 aliphatic carbocycles. The van der Waals surface area contributed by atoms with E-state index >= 15 is 0 Å². The highest BCUT2D eigenvalue weighted by atomic mass is 28.4. The first-order valence-electron chi connectivity index (χ1n) is 21.4. The highest BCUT2D eigenvalue weighted by Crippen LogP contribution is 2.38. The Labute approximate surface area is 360 Å². The molecule has 1 aromatic heterocycles. The molecule has 14 heteroatoms. The lowest BCUT2D eigenvalue weighted by atomic mass is 10.0. The van der Waals surface area contributed by atoms with Crippen LogP contribution in [0.4, 0.5) is 9.59 Å². The minimum Gasteiger partial charge on any atom is -0.444 e. The van der Waals surface area contributed by atoms with Gasteiger partial charge in [-0.2, -0.15) is 0 Å². The zero-order valence-corrected chi connectivity index (χ0v) is 37.6. The molecule has 2 aliphatic rings. The van der Waals surface area contributed by atoms with E-state index in [2.05, 4.69) is 67.1 Å². The molecule has 3 heterocycles. The summed E-state index contributed by atoms with van der Waals surface area (Å²) in [5.41, 5.74) is -0.283. The summed E-state index contributed by atoms with van der Waals surface area (Å²) < 4.78 is 32.7. The van der Waals surface area contributed by atoms with Crippen LogP contribution in [0.3, 0.4) is 0 Å². The summed E-state index contributed by atoms with van der Waals surface area (Å²) in [6.07, 6.45) is 0.672. The van der Waals surface area contributed by atoms with Crippen LogP contribution in [-0.4, -0.2) is 96.6 Å². The zero-order valence-electron chi connectivity index (χ0n) is 36.6. The van der Waals surface area contributed by atoms with Crippen LogP contribution < -0.4 is 21.6 Å². The molecule has 61 heavy (non-hydrogen) atoms. The van der Waals surface area contributed by atoms with Gasteiger partial charge in [-0.25, -0.2) is 14.4 Å². The molecule has 4 atom stereocenters. The van der Waals surface area contributed by atoms with E-state index in [4.69, 9.17) is 23.4 Å². The second-order valence-electron chi connectivity index (χ2n) is 18.1. The van der Waals surface area contributed by atoms with E-state index in [1.807, 2.05) is 80.3 Å². The molecule has 1 N–H and O–H groups in total. The summed E-state index contributed by atoms with van der Waals surface area (Å²) in [4.78, 5) is 58.6. The van der Waals surface area contributed by atoms with Crippen molar-refractivity contribution in [3.8, 4) is 0 Å². The maximum atomic E-state index is 13.6. The summed E-state index contributed by atoms with van der Waals surface area (Å²) in [7, 11) is -3.03. The van der Waals surface area contributed by atoms with Crippen molar-refractivity contribution in [1.82, 2.24) is 19.4 Å². The molecule has 2 saturated heterocycles. The van der Waals surface area contributed by atoms with Crippen molar-refractivity contribution in [3.05, 3.63) is 129 Å². The van der Waals surface area contributed by atoms with Crippen molar-refractivity contribution in [2.75, 3.05) is 32.8 Å². The molecule has 4 aromatic rings. The summed E-state index contributed by atoms with van der Waals surface area (Å²) in [6.45, 7) is 16.0. The van der Waals surface area contributed by atoms with E-state index in [-0.39, 0.29) is 36.8 Å². The fraction of sp³-hybridized carbons (Fsp3) is 0.489. The zero-order chi connectivity index (χ0) is 43.8. The van der Waals surface area contributed by atoms with Crippen LogP contribution in [0.2, 0.25) is 5.04 Å². The Morgan fingerprint density at radius 1 is 0.885 bits per heavy atom. The van der Waals surface area contributed by atoms with Crippen LogP contribution in [-0.2, 0) is 29.9 Å². The Morgan fingerprint density at radius 2 is 1.51 bits per heavy atom. The Bertz CT molecular complexity index is 2130. The van der Waals surface area contributed by atoms with Crippen LogP contribution >= 0.6 is 0 Å². The third-order valence-electron chi connectivity index (χ3n) is 11.4. The van der Waals surface area contributed by atoms with Gasteiger partial charge in [-0.15, -0.1) is 0 Å². The maximum Gasteiger partial charge on any atom is 0.508 e. The Morgan fingerprint density at radius 3 is 2.11 bits per heavy atom. The number of aromatic amines is 1. The lowest BCUT2D eigenvalue weighted by molar-refractivity contribution is -0.0554. The van der Waals surface area contributed by atoms with Gasteiger partial charge in [0.2, 0.25) is 0 Å². The number of rotatable bonds is 14. The first-order chi connectivity index (χ1) is 29.0. The van der Waals surface area contributed by atoms with Gasteiger partial charge < -0.3 is 28.3 Å². The number of ether oxygens (including phenoxy) is 4. The van der Waals surface area contributed by atoms with Crippen molar-refractivity contribution in [2.45, 2.75) is 116 Å². The molecule has 2 aliphatic heterocycles. The maximum absolute atomic E-state index is 13.6. The average Bonchev–Trinajstić information content (AvgIpc) is 3.61. The number of piperidine rings is 1. The van der Waals surface area contributed by atoms with Crippen molar-refractivity contribution >= 4 is 30.9 Å². The molecular weight excluding hydrogens is 793 g/mol.